The average Bonchev–Trinajstić information content (AvgIpc) is 2.37. The first-order valence-corrected chi connectivity index (χ1v) is 6.74. The van der Waals surface area contributed by atoms with Crippen LogP contribution in [-0.4, -0.2) is 5.91 Å². The van der Waals surface area contributed by atoms with Gasteiger partial charge in [0.15, 0.2) is 0 Å². The van der Waals surface area contributed by atoms with Gasteiger partial charge in [-0.25, -0.2) is 4.39 Å². The van der Waals surface area contributed by atoms with Crippen molar-refractivity contribution in [3.8, 4) is 0 Å². The highest BCUT2D eigenvalue weighted by Crippen LogP contribution is 2.24. The first-order valence-electron chi connectivity index (χ1n) is 5.19. The van der Waals surface area contributed by atoms with Crippen molar-refractivity contribution in [1.29, 1.82) is 0 Å². The number of hydrogen-bond acceptors (Lipinski definition) is 1. The predicted octanol–water partition coefficient (Wildman–Crippen LogP) is 5.15. The third-order valence-corrected chi connectivity index (χ3v) is 3.90. The van der Waals surface area contributed by atoms with Gasteiger partial charge in [-0.1, -0.05) is 23.2 Å². The second kappa shape index (κ2) is 5.90. The Morgan fingerprint density at radius 1 is 1.11 bits per heavy atom. The van der Waals surface area contributed by atoms with Gasteiger partial charge in [0.25, 0.3) is 5.91 Å². The Bertz CT molecular complexity index is 649. The van der Waals surface area contributed by atoms with Gasteiger partial charge in [0.2, 0.25) is 0 Å². The minimum absolute atomic E-state index is 0.00434. The van der Waals surface area contributed by atoms with E-state index >= 15 is 0 Å². The molecule has 0 bridgehead atoms. The van der Waals surface area contributed by atoms with E-state index in [-0.39, 0.29) is 10.9 Å². The van der Waals surface area contributed by atoms with Crippen LogP contribution < -0.4 is 5.32 Å². The van der Waals surface area contributed by atoms with E-state index in [4.69, 9.17) is 23.2 Å². The summed E-state index contributed by atoms with van der Waals surface area (Å²) in [5.74, 6) is -0.968. The van der Waals surface area contributed by atoms with Gasteiger partial charge in [0.1, 0.15) is 5.82 Å². The lowest BCUT2D eigenvalue weighted by Crippen LogP contribution is -2.11. The summed E-state index contributed by atoms with van der Waals surface area (Å²) in [5.41, 5.74) is 0.703. The lowest BCUT2D eigenvalue weighted by molar-refractivity contribution is 0.102. The number of rotatable bonds is 2. The maximum atomic E-state index is 13.2. The molecule has 0 radical (unpaired) electrons. The third-order valence-electron chi connectivity index (χ3n) is 2.36. The molecule has 0 atom stereocenters. The van der Waals surface area contributed by atoms with Crippen LogP contribution in [0.2, 0.25) is 10.0 Å². The number of carbonyl (C=O) groups is 1. The minimum Gasteiger partial charge on any atom is -0.322 e. The highest BCUT2D eigenvalue weighted by atomic mass is 79.9. The lowest BCUT2D eigenvalue weighted by atomic mass is 10.2. The van der Waals surface area contributed by atoms with Crippen molar-refractivity contribution in [3.63, 3.8) is 0 Å². The van der Waals surface area contributed by atoms with E-state index in [1.165, 1.54) is 18.2 Å². The second-order valence-electron chi connectivity index (χ2n) is 3.71. The Balaban J connectivity index is 2.20. The van der Waals surface area contributed by atoms with Crippen molar-refractivity contribution in [2.45, 2.75) is 0 Å². The highest BCUT2D eigenvalue weighted by molar-refractivity contribution is 9.10. The Morgan fingerprint density at radius 3 is 2.47 bits per heavy atom. The molecule has 0 aromatic heterocycles. The summed E-state index contributed by atoms with van der Waals surface area (Å²) >= 11 is 14.7. The summed E-state index contributed by atoms with van der Waals surface area (Å²) in [6.07, 6.45) is 0. The summed E-state index contributed by atoms with van der Waals surface area (Å²) in [4.78, 5) is 11.9. The van der Waals surface area contributed by atoms with Crippen LogP contribution in [0.3, 0.4) is 0 Å². The van der Waals surface area contributed by atoms with Crippen molar-refractivity contribution < 1.29 is 9.18 Å². The molecule has 0 spiro atoms. The number of amides is 1. The number of carbonyl (C=O) groups excluding carboxylic acids is 1. The molecular weight excluding hydrogens is 356 g/mol. The molecular formula is C13H7BrCl2FNO. The van der Waals surface area contributed by atoms with Crippen LogP contribution in [0.25, 0.3) is 0 Å². The van der Waals surface area contributed by atoms with Crippen LogP contribution in [0, 0.1) is 5.82 Å². The molecule has 2 aromatic carbocycles. The molecule has 98 valence electrons. The molecule has 0 heterocycles. The molecule has 0 aliphatic rings. The monoisotopic (exact) mass is 361 g/mol. The van der Waals surface area contributed by atoms with Crippen LogP contribution >= 0.6 is 39.1 Å². The zero-order valence-corrected chi connectivity index (χ0v) is 12.5. The van der Waals surface area contributed by atoms with E-state index in [0.29, 0.717) is 20.7 Å². The molecule has 0 aliphatic carbocycles. The van der Waals surface area contributed by atoms with Crippen molar-refractivity contribution in [3.05, 3.63) is 62.3 Å². The molecule has 2 aromatic rings. The Morgan fingerprint density at radius 2 is 1.84 bits per heavy atom. The number of hydrogen-bond donors (Lipinski definition) is 1. The molecule has 0 saturated carbocycles. The van der Waals surface area contributed by atoms with E-state index < -0.39 is 5.82 Å². The van der Waals surface area contributed by atoms with Gasteiger partial charge < -0.3 is 5.32 Å². The number of anilines is 1. The Labute approximate surface area is 127 Å². The van der Waals surface area contributed by atoms with Crippen molar-refractivity contribution >= 4 is 50.7 Å². The van der Waals surface area contributed by atoms with Gasteiger partial charge in [0.05, 0.1) is 10.0 Å². The smallest absolute Gasteiger partial charge is 0.255 e. The fourth-order valence-electron chi connectivity index (χ4n) is 1.41. The van der Waals surface area contributed by atoms with Gasteiger partial charge in [-0.15, -0.1) is 0 Å². The second-order valence-corrected chi connectivity index (χ2v) is 5.38. The summed E-state index contributed by atoms with van der Waals surface area (Å²) in [6, 6.07) is 8.84. The normalized spacial score (nSPS) is 10.3. The van der Waals surface area contributed by atoms with Crippen LogP contribution in [0.5, 0.6) is 0 Å². The van der Waals surface area contributed by atoms with Gasteiger partial charge >= 0.3 is 0 Å². The van der Waals surface area contributed by atoms with Crippen molar-refractivity contribution in [2.75, 3.05) is 5.32 Å². The van der Waals surface area contributed by atoms with Gasteiger partial charge in [0, 0.05) is 15.7 Å². The summed E-state index contributed by atoms with van der Waals surface area (Å²) in [5, 5.41) is 2.99. The topological polar surface area (TPSA) is 29.1 Å². The zero-order chi connectivity index (χ0) is 14.0. The molecule has 0 saturated heterocycles. The molecule has 1 N–H and O–H groups in total. The molecule has 0 unspecified atom stereocenters. The minimum atomic E-state index is -0.590. The maximum Gasteiger partial charge on any atom is 0.255 e. The fraction of sp³-hybridized carbons (Fsp3) is 0. The standard InChI is InChI=1S/C13H7BrCl2FNO/c14-9-3-1-7(5-11(9)16)13(19)18-8-2-4-10(15)12(17)6-8/h1-6H,(H,18,19). The Kier molecular flexibility index (Phi) is 4.45. The van der Waals surface area contributed by atoms with Crippen molar-refractivity contribution in [1.82, 2.24) is 0 Å². The van der Waals surface area contributed by atoms with Gasteiger partial charge in [-0.3, -0.25) is 4.79 Å². The van der Waals surface area contributed by atoms with E-state index in [9.17, 15) is 9.18 Å². The Hall–Kier alpha value is -1.10. The quantitative estimate of drug-likeness (QED) is 0.786. The fourth-order valence-corrected chi connectivity index (χ4v) is 1.96. The first kappa shape index (κ1) is 14.3. The largest absolute Gasteiger partial charge is 0.322 e. The zero-order valence-electron chi connectivity index (χ0n) is 9.38. The number of benzene rings is 2. The number of halogens is 4. The molecule has 0 fully saturated rings. The molecule has 0 aliphatic heterocycles. The summed E-state index contributed by atoms with van der Waals surface area (Å²) in [7, 11) is 0. The SMILES string of the molecule is O=C(Nc1ccc(Cl)c(F)c1)c1ccc(Br)c(Cl)c1. The van der Waals surface area contributed by atoms with E-state index in [1.54, 1.807) is 12.1 Å². The third kappa shape index (κ3) is 3.47. The lowest BCUT2D eigenvalue weighted by Gasteiger charge is -2.06. The molecule has 6 heteroatoms. The molecule has 2 rings (SSSR count). The van der Waals surface area contributed by atoms with E-state index in [0.717, 1.165) is 6.07 Å². The molecule has 1 amide bonds. The molecule has 2 nitrogen and oxygen atoms in total. The van der Waals surface area contributed by atoms with Crippen molar-refractivity contribution in [2.24, 2.45) is 0 Å². The van der Waals surface area contributed by atoms with Crippen LogP contribution in [0.4, 0.5) is 10.1 Å². The summed E-state index contributed by atoms with van der Waals surface area (Å²) in [6.45, 7) is 0. The highest BCUT2D eigenvalue weighted by Gasteiger charge is 2.09. The molecule has 19 heavy (non-hydrogen) atoms. The predicted molar refractivity (Wildman–Crippen MR) is 78.5 cm³/mol. The van der Waals surface area contributed by atoms with Crippen LogP contribution in [0.1, 0.15) is 10.4 Å². The average molecular weight is 363 g/mol. The van der Waals surface area contributed by atoms with E-state index in [1.807, 2.05) is 0 Å². The maximum absolute atomic E-state index is 13.2. The first-order chi connectivity index (χ1) is 8.97. The van der Waals surface area contributed by atoms with Crippen LogP contribution in [0.15, 0.2) is 40.9 Å². The van der Waals surface area contributed by atoms with Crippen LogP contribution in [-0.2, 0) is 0 Å². The van der Waals surface area contributed by atoms with Gasteiger partial charge in [-0.05, 0) is 52.3 Å². The number of nitrogens with one attached hydrogen (secondary N) is 1. The van der Waals surface area contributed by atoms with Gasteiger partial charge in [-0.2, -0.15) is 0 Å². The van der Waals surface area contributed by atoms with E-state index in [2.05, 4.69) is 21.2 Å². The summed E-state index contributed by atoms with van der Waals surface area (Å²) < 4.78 is 13.9.